The van der Waals surface area contributed by atoms with Crippen LogP contribution in [0.1, 0.15) is 25.5 Å². The summed E-state index contributed by atoms with van der Waals surface area (Å²) in [5.74, 6) is 0.934. The third-order valence-corrected chi connectivity index (χ3v) is 4.66. The minimum atomic E-state index is 0.317. The molecule has 3 aromatic rings. The molecule has 2 N–H and O–H groups in total. The Bertz CT molecular complexity index is 758. The molecule has 0 atom stereocenters. The fourth-order valence-electron chi connectivity index (χ4n) is 2.41. The van der Waals surface area contributed by atoms with E-state index in [1.165, 1.54) is 0 Å². The number of halogens is 1. The van der Waals surface area contributed by atoms with Gasteiger partial charge in [-0.3, -0.25) is 0 Å². The quantitative estimate of drug-likeness (QED) is 0.776. The van der Waals surface area contributed by atoms with Crippen molar-refractivity contribution in [1.29, 1.82) is 0 Å². The van der Waals surface area contributed by atoms with Crippen LogP contribution in [-0.4, -0.2) is 9.55 Å². The highest BCUT2D eigenvalue weighted by Crippen LogP contribution is 2.36. The SMILES string of the molecule is CC(C)n1c(-c2sccc2Cl)nc2cc(CN)ccc21. The molecule has 3 rings (SSSR count). The maximum atomic E-state index is 6.27. The Morgan fingerprint density at radius 1 is 1.35 bits per heavy atom. The van der Waals surface area contributed by atoms with E-state index >= 15 is 0 Å². The molecule has 0 bridgehead atoms. The van der Waals surface area contributed by atoms with Crippen LogP contribution in [0, 0.1) is 0 Å². The molecule has 1 aromatic carbocycles. The van der Waals surface area contributed by atoms with Crippen molar-refractivity contribution < 1.29 is 0 Å². The lowest BCUT2D eigenvalue weighted by atomic mass is 10.2. The van der Waals surface area contributed by atoms with Crippen molar-refractivity contribution in [3.8, 4) is 10.7 Å². The molecule has 0 fully saturated rings. The van der Waals surface area contributed by atoms with Crippen LogP contribution in [0.15, 0.2) is 29.6 Å². The van der Waals surface area contributed by atoms with Crippen molar-refractivity contribution in [1.82, 2.24) is 9.55 Å². The summed E-state index contributed by atoms with van der Waals surface area (Å²) in [7, 11) is 0. The summed E-state index contributed by atoms with van der Waals surface area (Å²) in [6.07, 6.45) is 0. The van der Waals surface area contributed by atoms with Crippen molar-refractivity contribution in [3.05, 3.63) is 40.2 Å². The second kappa shape index (κ2) is 5.20. The number of nitrogens with two attached hydrogens (primary N) is 1. The van der Waals surface area contributed by atoms with E-state index in [-0.39, 0.29) is 0 Å². The second-order valence-corrected chi connectivity index (χ2v) is 6.35. The van der Waals surface area contributed by atoms with Crippen LogP contribution in [0.3, 0.4) is 0 Å². The Labute approximate surface area is 127 Å². The first-order valence-electron chi connectivity index (χ1n) is 6.56. The number of nitrogens with zero attached hydrogens (tertiary/aromatic N) is 2. The summed E-state index contributed by atoms with van der Waals surface area (Å²) in [4.78, 5) is 5.80. The molecule has 3 nitrogen and oxygen atoms in total. The number of fused-ring (bicyclic) bond motifs is 1. The van der Waals surface area contributed by atoms with Crippen molar-refractivity contribution in [2.45, 2.75) is 26.4 Å². The van der Waals surface area contributed by atoms with Gasteiger partial charge in [0.25, 0.3) is 0 Å². The lowest BCUT2D eigenvalue weighted by molar-refractivity contribution is 0.625. The zero-order chi connectivity index (χ0) is 14.3. The van der Waals surface area contributed by atoms with Gasteiger partial charge in [0, 0.05) is 12.6 Å². The predicted octanol–water partition coefficient (Wildman–Crippen LogP) is 4.46. The molecule has 2 aromatic heterocycles. The van der Waals surface area contributed by atoms with E-state index in [9.17, 15) is 0 Å². The first-order chi connectivity index (χ1) is 9.61. The van der Waals surface area contributed by atoms with E-state index < -0.39 is 0 Å². The standard InChI is InChI=1S/C15H16ClN3S/c1-9(2)19-13-4-3-10(8-17)7-12(13)18-15(19)14-11(16)5-6-20-14/h3-7,9H,8,17H2,1-2H3. The summed E-state index contributed by atoms with van der Waals surface area (Å²) in [5.41, 5.74) is 8.90. The van der Waals surface area contributed by atoms with Gasteiger partial charge < -0.3 is 10.3 Å². The van der Waals surface area contributed by atoms with E-state index in [0.717, 1.165) is 32.3 Å². The largest absolute Gasteiger partial charge is 0.326 e. The maximum absolute atomic E-state index is 6.27. The van der Waals surface area contributed by atoms with Crippen LogP contribution in [0.5, 0.6) is 0 Å². The Hall–Kier alpha value is -1.36. The van der Waals surface area contributed by atoms with Gasteiger partial charge in [-0.25, -0.2) is 4.98 Å². The van der Waals surface area contributed by atoms with Crippen molar-refractivity contribution in [2.75, 3.05) is 0 Å². The topological polar surface area (TPSA) is 43.8 Å². The van der Waals surface area contributed by atoms with Gasteiger partial charge in [-0.05, 0) is 43.0 Å². The van der Waals surface area contributed by atoms with Crippen LogP contribution in [0.2, 0.25) is 5.02 Å². The first-order valence-corrected chi connectivity index (χ1v) is 7.82. The average Bonchev–Trinajstić information content (AvgIpc) is 3.00. The maximum Gasteiger partial charge on any atom is 0.153 e. The minimum absolute atomic E-state index is 0.317. The predicted molar refractivity (Wildman–Crippen MR) is 86.3 cm³/mol. The Kier molecular flexibility index (Phi) is 3.54. The lowest BCUT2D eigenvalue weighted by Crippen LogP contribution is -2.02. The fraction of sp³-hybridized carbons (Fsp3) is 0.267. The summed E-state index contributed by atoms with van der Waals surface area (Å²) in [5, 5.41) is 2.75. The van der Waals surface area contributed by atoms with Gasteiger partial charge in [-0.2, -0.15) is 0 Å². The van der Waals surface area contributed by atoms with Crippen LogP contribution < -0.4 is 5.73 Å². The zero-order valence-electron chi connectivity index (χ0n) is 11.4. The first kappa shape index (κ1) is 13.6. The Balaban J connectivity index is 2.31. The number of benzene rings is 1. The van der Waals surface area contributed by atoms with Crippen molar-refractivity contribution >= 4 is 34.0 Å². The van der Waals surface area contributed by atoms with E-state index in [0.29, 0.717) is 12.6 Å². The molecular weight excluding hydrogens is 290 g/mol. The summed E-state index contributed by atoms with van der Waals surface area (Å²) in [6, 6.07) is 8.44. The third kappa shape index (κ3) is 2.14. The highest BCUT2D eigenvalue weighted by atomic mass is 35.5. The molecule has 104 valence electrons. The number of thiophene rings is 1. The molecular formula is C15H16ClN3S. The highest BCUT2D eigenvalue weighted by molar-refractivity contribution is 7.14. The van der Waals surface area contributed by atoms with Gasteiger partial charge in [0.1, 0.15) is 0 Å². The van der Waals surface area contributed by atoms with E-state index in [1.54, 1.807) is 11.3 Å². The zero-order valence-corrected chi connectivity index (χ0v) is 13.0. The molecule has 0 aliphatic heterocycles. The van der Waals surface area contributed by atoms with Gasteiger partial charge >= 0.3 is 0 Å². The monoisotopic (exact) mass is 305 g/mol. The summed E-state index contributed by atoms with van der Waals surface area (Å²) >= 11 is 7.89. The number of hydrogen-bond donors (Lipinski definition) is 1. The smallest absolute Gasteiger partial charge is 0.153 e. The Morgan fingerprint density at radius 2 is 2.15 bits per heavy atom. The number of imidazole rings is 1. The summed E-state index contributed by atoms with van der Waals surface area (Å²) in [6.45, 7) is 4.84. The molecule has 0 saturated heterocycles. The average molecular weight is 306 g/mol. The van der Waals surface area contributed by atoms with Gasteiger partial charge in [-0.15, -0.1) is 11.3 Å². The fourth-order valence-corrected chi connectivity index (χ4v) is 3.53. The third-order valence-electron chi connectivity index (χ3n) is 3.33. The Morgan fingerprint density at radius 3 is 2.75 bits per heavy atom. The lowest BCUT2D eigenvalue weighted by Gasteiger charge is -2.12. The van der Waals surface area contributed by atoms with Crippen molar-refractivity contribution in [2.24, 2.45) is 5.73 Å². The second-order valence-electron chi connectivity index (χ2n) is 5.02. The van der Waals surface area contributed by atoms with Gasteiger partial charge in [0.05, 0.1) is 20.9 Å². The molecule has 0 unspecified atom stereocenters. The van der Waals surface area contributed by atoms with E-state index in [1.807, 2.05) is 11.4 Å². The van der Waals surface area contributed by atoms with E-state index in [4.69, 9.17) is 22.3 Å². The summed E-state index contributed by atoms with van der Waals surface area (Å²) < 4.78 is 2.23. The van der Waals surface area contributed by atoms with E-state index in [2.05, 4.69) is 36.6 Å². The number of hydrogen-bond acceptors (Lipinski definition) is 3. The number of aromatic nitrogens is 2. The molecule has 0 spiro atoms. The normalized spacial score (nSPS) is 11.7. The van der Waals surface area contributed by atoms with Gasteiger partial charge in [-0.1, -0.05) is 17.7 Å². The molecule has 0 saturated carbocycles. The molecule has 5 heteroatoms. The molecule has 20 heavy (non-hydrogen) atoms. The van der Waals surface area contributed by atoms with Crippen LogP contribution in [0.4, 0.5) is 0 Å². The minimum Gasteiger partial charge on any atom is -0.326 e. The highest BCUT2D eigenvalue weighted by Gasteiger charge is 2.18. The molecule has 0 radical (unpaired) electrons. The van der Waals surface area contributed by atoms with Gasteiger partial charge in [0.15, 0.2) is 5.82 Å². The molecule has 0 amide bonds. The van der Waals surface area contributed by atoms with Crippen molar-refractivity contribution in [3.63, 3.8) is 0 Å². The number of rotatable bonds is 3. The van der Waals surface area contributed by atoms with Crippen LogP contribution in [-0.2, 0) is 6.54 Å². The molecule has 2 heterocycles. The van der Waals surface area contributed by atoms with Crippen LogP contribution >= 0.6 is 22.9 Å². The van der Waals surface area contributed by atoms with Gasteiger partial charge in [0.2, 0.25) is 0 Å². The molecule has 0 aliphatic carbocycles. The molecule has 0 aliphatic rings. The van der Waals surface area contributed by atoms with Crippen LogP contribution in [0.25, 0.3) is 21.7 Å².